The zero-order valence-electron chi connectivity index (χ0n) is 19.7. The second kappa shape index (κ2) is 8.59. The van der Waals surface area contributed by atoms with Gasteiger partial charge in [0.15, 0.2) is 0 Å². The topological polar surface area (TPSA) is 91.0 Å². The summed E-state index contributed by atoms with van der Waals surface area (Å²) in [5.74, 6) is -0.204. The van der Waals surface area contributed by atoms with E-state index in [4.69, 9.17) is 4.11 Å². The third-order valence-corrected chi connectivity index (χ3v) is 5.31. The van der Waals surface area contributed by atoms with Crippen LogP contribution in [0.3, 0.4) is 0 Å². The first-order valence-electron chi connectivity index (χ1n) is 11.3. The number of aromatic nitrogens is 3. The van der Waals surface area contributed by atoms with E-state index in [-0.39, 0.29) is 23.5 Å². The predicted molar refractivity (Wildman–Crippen MR) is 117 cm³/mol. The summed E-state index contributed by atoms with van der Waals surface area (Å²) in [7, 11) is 1.58. The Hall–Kier alpha value is -3.32. The van der Waals surface area contributed by atoms with Crippen LogP contribution in [0.4, 0.5) is 0 Å². The standard InChI is InChI=1S/C23H25N5O2/c1-3-16-11-20-21(27-22(16)29)10-15(12-25-20)14-28-8-6-17(7-9-28)18-4-5-19(26-13-18)23(30)24-2/h4-6,10-13H,3,7-9,14H2,1-2H3,(H,24,30)(H,27,29)/i1D3. The number of pyridine rings is 3. The number of carbonyl (C=O) groups is 1. The smallest absolute Gasteiger partial charge is 0.269 e. The average molecular weight is 407 g/mol. The molecule has 7 heteroatoms. The van der Waals surface area contributed by atoms with Gasteiger partial charge in [0.25, 0.3) is 11.5 Å². The Morgan fingerprint density at radius 1 is 1.30 bits per heavy atom. The van der Waals surface area contributed by atoms with Gasteiger partial charge < -0.3 is 10.3 Å². The molecule has 0 unspecified atom stereocenters. The van der Waals surface area contributed by atoms with Crippen molar-refractivity contribution in [3.8, 4) is 0 Å². The third-order valence-electron chi connectivity index (χ3n) is 5.31. The summed E-state index contributed by atoms with van der Waals surface area (Å²) >= 11 is 0. The first-order chi connectivity index (χ1) is 15.7. The van der Waals surface area contributed by atoms with E-state index in [1.807, 2.05) is 12.1 Å². The summed E-state index contributed by atoms with van der Waals surface area (Å²) in [5.41, 5.74) is 4.58. The average Bonchev–Trinajstić information content (AvgIpc) is 2.79. The van der Waals surface area contributed by atoms with Gasteiger partial charge in [-0.05, 0) is 47.7 Å². The van der Waals surface area contributed by atoms with Crippen LogP contribution in [-0.4, -0.2) is 45.9 Å². The Balaban J connectivity index is 1.44. The highest BCUT2D eigenvalue weighted by Gasteiger charge is 2.15. The fourth-order valence-electron chi connectivity index (χ4n) is 3.61. The second-order valence-electron chi connectivity index (χ2n) is 7.30. The number of fused-ring (bicyclic) bond motifs is 1. The summed E-state index contributed by atoms with van der Waals surface area (Å²) in [5, 5.41) is 2.56. The Labute approximate surface area is 179 Å². The van der Waals surface area contributed by atoms with Crippen LogP contribution in [0.1, 0.15) is 44.6 Å². The van der Waals surface area contributed by atoms with Crippen molar-refractivity contribution < 1.29 is 8.91 Å². The van der Waals surface area contributed by atoms with Crippen LogP contribution in [0, 0.1) is 0 Å². The highest BCUT2D eigenvalue weighted by atomic mass is 16.1. The van der Waals surface area contributed by atoms with Crippen molar-refractivity contribution in [3.05, 3.63) is 75.5 Å². The Morgan fingerprint density at radius 2 is 2.20 bits per heavy atom. The first kappa shape index (κ1) is 16.5. The van der Waals surface area contributed by atoms with Gasteiger partial charge in [-0.2, -0.15) is 0 Å². The molecular weight excluding hydrogens is 378 g/mol. The summed E-state index contributed by atoms with van der Waals surface area (Å²) in [6.45, 7) is 0.0941. The van der Waals surface area contributed by atoms with E-state index in [2.05, 4.69) is 31.2 Å². The van der Waals surface area contributed by atoms with Gasteiger partial charge in [0.1, 0.15) is 5.69 Å². The van der Waals surface area contributed by atoms with Crippen LogP contribution >= 0.6 is 0 Å². The highest BCUT2D eigenvalue weighted by Crippen LogP contribution is 2.23. The molecule has 0 fully saturated rings. The molecular formula is C23H25N5O2. The molecule has 0 saturated carbocycles. The molecule has 0 atom stereocenters. The summed E-state index contributed by atoms with van der Waals surface area (Å²) in [4.78, 5) is 37.6. The van der Waals surface area contributed by atoms with Gasteiger partial charge >= 0.3 is 0 Å². The molecule has 1 amide bonds. The molecule has 0 aromatic carbocycles. The molecule has 1 aliphatic rings. The van der Waals surface area contributed by atoms with Crippen molar-refractivity contribution >= 4 is 22.5 Å². The number of H-pyrrole nitrogens is 1. The van der Waals surface area contributed by atoms with E-state index in [0.29, 0.717) is 23.3 Å². The Kier molecular flexibility index (Phi) is 4.72. The fourth-order valence-corrected chi connectivity index (χ4v) is 3.61. The van der Waals surface area contributed by atoms with Gasteiger partial charge in [0, 0.05) is 48.8 Å². The number of nitrogens with zero attached hydrogens (tertiary/aromatic N) is 3. The third kappa shape index (κ3) is 4.16. The second-order valence-corrected chi connectivity index (χ2v) is 7.30. The lowest BCUT2D eigenvalue weighted by Crippen LogP contribution is -2.28. The maximum atomic E-state index is 12.3. The zero-order valence-corrected chi connectivity index (χ0v) is 16.7. The van der Waals surface area contributed by atoms with Gasteiger partial charge in [-0.15, -0.1) is 0 Å². The number of amides is 1. The molecule has 3 aromatic heterocycles. The summed E-state index contributed by atoms with van der Waals surface area (Å²) in [6, 6.07) is 7.10. The molecule has 30 heavy (non-hydrogen) atoms. The number of rotatable bonds is 5. The van der Waals surface area contributed by atoms with Crippen molar-refractivity contribution in [1.82, 2.24) is 25.2 Å². The summed E-state index contributed by atoms with van der Waals surface area (Å²) in [6.07, 6.45) is 6.24. The van der Waals surface area contributed by atoms with Gasteiger partial charge in [-0.25, -0.2) is 0 Å². The molecule has 3 aromatic rings. The van der Waals surface area contributed by atoms with Crippen LogP contribution in [0.2, 0.25) is 0 Å². The Bertz CT molecular complexity index is 1270. The lowest BCUT2D eigenvalue weighted by molar-refractivity contribution is 0.0958. The van der Waals surface area contributed by atoms with E-state index in [0.717, 1.165) is 30.6 Å². The molecule has 154 valence electrons. The van der Waals surface area contributed by atoms with E-state index >= 15 is 0 Å². The number of nitrogens with one attached hydrogen (secondary N) is 2. The van der Waals surface area contributed by atoms with Gasteiger partial charge in [-0.3, -0.25) is 24.5 Å². The number of aryl methyl sites for hydroxylation is 1. The van der Waals surface area contributed by atoms with E-state index in [1.54, 1.807) is 31.6 Å². The predicted octanol–water partition coefficient (Wildman–Crippen LogP) is 2.53. The molecule has 7 nitrogen and oxygen atoms in total. The molecule has 4 heterocycles. The van der Waals surface area contributed by atoms with Crippen molar-refractivity contribution in [3.63, 3.8) is 0 Å². The number of aromatic amines is 1. The van der Waals surface area contributed by atoms with Crippen LogP contribution < -0.4 is 10.9 Å². The molecule has 0 spiro atoms. The van der Waals surface area contributed by atoms with Gasteiger partial charge in [-0.1, -0.05) is 19.0 Å². The monoisotopic (exact) mass is 406 g/mol. The van der Waals surface area contributed by atoms with Crippen molar-refractivity contribution in [2.45, 2.75) is 26.2 Å². The van der Waals surface area contributed by atoms with Crippen molar-refractivity contribution in [1.29, 1.82) is 0 Å². The van der Waals surface area contributed by atoms with E-state index in [9.17, 15) is 9.59 Å². The minimum atomic E-state index is -2.20. The number of carbonyl (C=O) groups excluding carboxylic acids is 1. The lowest BCUT2D eigenvalue weighted by Gasteiger charge is -2.26. The lowest BCUT2D eigenvalue weighted by atomic mass is 10.0. The molecule has 0 radical (unpaired) electrons. The zero-order chi connectivity index (χ0) is 23.6. The highest BCUT2D eigenvalue weighted by molar-refractivity contribution is 5.92. The first-order valence-corrected chi connectivity index (χ1v) is 9.82. The molecule has 0 saturated heterocycles. The normalized spacial score (nSPS) is 16.4. The van der Waals surface area contributed by atoms with Crippen LogP contribution in [0.15, 0.2) is 47.5 Å². The van der Waals surface area contributed by atoms with Crippen molar-refractivity contribution in [2.75, 3.05) is 20.1 Å². The van der Waals surface area contributed by atoms with Crippen LogP contribution in [0.25, 0.3) is 16.6 Å². The maximum absolute atomic E-state index is 12.3. The van der Waals surface area contributed by atoms with Gasteiger partial charge in [0.2, 0.25) is 0 Å². The minimum absolute atomic E-state index is 0.204. The number of hydrogen-bond acceptors (Lipinski definition) is 5. The number of hydrogen-bond donors (Lipinski definition) is 2. The Morgan fingerprint density at radius 3 is 2.90 bits per heavy atom. The van der Waals surface area contributed by atoms with E-state index < -0.39 is 6.85 Å². The van der Waals surface area contributed by atoms with Crippen LogP contribution in [-0.2, 0) is 13.0 Å². The summed E-state index contributed by atoms with van der Waals surface area (Å²) < 4.78 is 22.2. The minimum Gasteiger partial charge on any atom is -0.354 e. The quantitative estimate of drug-likeness (QED) is 0.679. The molecule has 2 N–H and O–H groups in total. The largest absolute Gasteiger partial charge is 0.354 e. The maximum Gasteiger partial charge on any atom is 0.269 e. The molecule has 4 rings (SSSR count). The van der Waals surface area contributed by atoms with Crippen molar-refractivity contribution in [2.24, 2.45) is 0 Å². The van der Waals surface area contributed by atoms with Gasteiger partial charge in [0.05, 0.1) is 11.0 Å². The van der Waals surface area contributed by atoms with E-state index in [1.165, 1.54) is 5.57 Å². The molecule has 0 bridgehead atoms. The molecule has 0 aliphatic carbocycles. The fraction of sp³-hybridized carbons (Fsp3) is 0.304. The SMILES string of the molecule is [2H]C([2H])([2H])Cc1cc2ncc(CN3CC=C(c4ccc(C(=O)NC)nc4)CC3)cc2[nH]c1=O. The van der Waals surface area contributed by atoms with Crippen LogP contribution in [0.5, 0.6) is 0 Å². The molecule has 1 aliphatic heterocycles.